The van der Waals surface area contributed by atoms with E-state index in [2.05, 4.69) is 0 Å². The third-order valence-electron chi connectivity index (χ3n) is 4.48. The molecule has 0 bridgehead atoms. The summed E-state index contributed by atoms with van der Waals surface area (Å²) in [7, 11) is 0. The molecule has 140 valence electrons. The maximum atomic E-state index is 12.9. The van der Waals surface area contributed by atoms with Crippen LogP contribution >= 0.6 is 0 Å². The molecule has 1 aliphatic heterocycles. The maximum absolute atomic E-state index is 12.9. The van der Waals surface area contributed by atoms with Crippen LogP contribution in [0.25, 0.3) is 0 Å². The lowest BCUT2D eigenvalue weighted by Crippen LogP contribution is -2.40. The van der Waals surface area contributed by atoms with E-state index in [1.807, 2.05) is 0 Å². The summed E-state index contributed by atoms with van der Waals surface area (Å²) in [5.41, 5.74) is 1.26. The monoisotopic (exact) mass is 370 g/mol. The summed E-state index contributed by atoms with van der Waals surface area (Å²) in [6, 6.07) is 11.1. The fourth-order valence-electron chi connectivity index (χ4n) is 3.23. The van der Waals surface area contributed by atoms with Gasteiger partial charge in [0.25, 0.3) is 5.91 Å². The molecule has 0 aliphatic carbocycles. The van der Waals surface area contributed by atoms with E-state index >= 15 is 0 Å². The molecule has 1 amide bonds. The topological polar surface area (TPSA) is 110 Å². The first-order valence-corrected chi connectivity index (χ1v) is 8.43. The molecule has 0 fully saturated rings. The number of hydrogen-bond acceptors (Lipinski definition) is 5. The van der Waals surface area contributed by atoms with Crippen LogP contribution < -0.4 is 4.74 Å². The van der Waals surface area contributed by atoms with Crippen molar-refractivity contribution in [1.29, 1.82) is 0 Å². The van der Waals surface area contributed by atoms with E-state index < -0.39 is 22.7 Å². The predicted octanol–water partition coefficient (Wildman–Crippen LogP) is 2.82. The highest BCUT2D eigenvalue weighted by Crippen LogP contribution is 2.32. The van der Waals surface area contributed by atoms with Gasteiger partial charge in [-0.2, -0.15) is 0 Å². The Balaban J connectivity index is 1.93. The molecule has 0 radical (unpaired) electrons. The molecule has 0 aromatic heterocycles. The Kier molecular flexibility index (Phi) is 5.07. The second-order valence-electron chi connectivity index (χ2n) is 6.15. The van der Waals surface area contributed by atoms with Gasteiger partial charge < -0.3 is 14.7 Å². The van der Waals surface area contributed by atoms with Gasteiger partial charge in [-0.1, -0.05) is 24.3 Å². The summed E-state index contributed by atoms with van der Waals surface area (Å²) in [6.45, 7) is 2.23. The molecule has 0 saturated carbocycles. The number of carbonyl (C=O) groups excluding carboxylic acids is 1. The van der Waals surface area contributed by atoms with Gasteiger partial charge in [-0.05, 0) is 30.2 Å². The van der Waals surface area contributed by atoms with Crippen LogP contribution in [0.15, 0.2) is 42.5 Å². The average molecular weight is 370 g/mol. The lowest BCUT2D eigenvalue weighted by Gasteiger charge is -2.32. The van der Waals surface area contributed by atoms with E-state index in [4.69, 9.17) is 4.74 Å². The van der Waals surface area contributed by atoms with Gasteiger partial charge in [0.05, 0.1) is 17.4 Å². The molecule has 1 aliphatic rings. The second-order valence-corrected chi connectivity index (χ2v) is 6.15. The fraction of sp³-hybridized carbons (Fsp3) is 0.263. The maximum Gasteiger partial charge on any atom is 0.312 e. The SMILES string of the molecule is CCOc1ccc(C(=O)N2Cc3ccccc3C(C(=O)O)C2)cc1[N+](=O)[O-]. The number of carboxylic acid groups (broad SMARTS) is 1. The van der Waals surface area contributed by atoms with Crippen LogP contribution in [0.1, 0.15) is 34.3 Å². The first-order chi connectivity index (χ1) is 12.9. The highest BCUT2D eigenvalue weighted by molar-refractivity contribution is 5.96. The number of hydrogen-bond donors (Lipinski definition) is 1. The van der Waals surface area contributed by atoms with Gasteiger partial charge in [-0.25, -0.2) is 0 Å². The van der Waals surface area contributed by atoms with Crippen LogP contribution in [-0.2, 0) is 11.3 Å². The van der Waals surface area contributed by atoms with Crippen molar-refractivity contribution in [2.75, 3.05) is 13.2 Å². The van der Waals surface area contributed by atoms with E-state index in [0.29, 0.717) is 5.56 Å². The van der Waals surface area contributed by atoms with Gasteiger partial charge >= 0.3 is 11.7 Å². The molecular formula is C19H18N2O6. The lowest BCUT2D eigenvalue weighted by molar-refractivity contribution is -0.385. The van der Waals surface area contributed by atoms with Crippen molar-refractivity contribution in [2.45, 2.75) is 19.4 Å². The Bertz CT molecular complexity index is 911. The minimum Gasteiger partial charge on any atom is -0.487 e. The zero-order valence-electron chi connectivity index (χ0n) is 14.6. The van der Waals surface area contributed by atoms with Crippen molar-refractivity contribution in [2.24, 2.45) is 0 Å². The fourth-order valence-corrected chi connectivity index (χ4v) is 3.23. The van der Waals surface area contributed by atoms with E-state index in [-0.39, 0.29) is 36.7 Å². The Morgan fingerprint density at radius 2 is 2.04 bits per heavy atom. The quantitative estimate of drug-likeness (QED) is 0.640. The van der Waals surface area contributed by atoms with Crippen molar-refractivity contribution in [3.8, 4) is 5.75 Å². The van der Waals surface area contributed by atoms with Crippen molar-refractivity contribution < 1.29 is 24.4 Å². The Labute approximate surface area is 155 Å². The Morgan fingerprint density at radius 3 is 2.70 bits per heavy atom. The van der Waals surface area contributed by atoms with Crippen molar-refractivity contribution in [3.63, 3.8) is 0 Å². The molecule has 27 heavy (non-hydrogen) atoms. The summed E-state index contributed by atoms with van der Waals surface area (Å²) >= 11 is 0. The van der Waals surface area contributed by atoms with Crippen LogP contribution in [-0.4, -0.2) is 40.0 Å². The van der Waals surface area contributed by atoms with E-state index in [0.717, 1.165) is 5.56 Å². The van der Waals surface area contributed by atoms with Gasteiger partial charge in [-0.15, -0.1) is 0 Å². The summed E-state index contributed by atoms with van der Waals surface area (Å²) < 4.78 is 5.23. The van der Waals surface area contributed by atoms with E-state index in [1.165, 1.54) is 23.1 Å². The number of aliphatic carboxylic acids is 1. The molecule has 1 atom stereocenters. The normalized spacial score (nSPS) is 15.7. The molecule has 0 spiro atoms. The van der Waals surface area contributed by atoms with Crippen LogP contribution in [0.3, 0.4) is 0 Å². The van der Waals surface area contributed by atoms with Crippen molar-refractivity contribution >= 4 is 17.6 Å². The van der Waals surface area contributed by atoms with Crippen molar-refractivity contribution in [3.05, 3.63) is 69.3 Å². The number of nitrogens with zero attached hydrogens (tertiary/aromatic N) is 2. The predicted molar refractivity (Wildman–Crippen MR) is 95.8 cm³/mol. The number of nitro groups is 1. The number of amides is 1. The van der Waals surface area contributed by atoms with Gasteiger partial charge in [0.15, 0.2) is 5.75 Å². The molecule has 8 nitrogen and oxygen atoms in total. The minimum absolute atomic E-state index is 0.00614. The number of rotatable bonds is 5. The van der Waals surface area contributed by atoms with Gasteiger partial charge in [0.2, 0.25) is 0 Å². The zero-order valence-corrected chi connectivity index (χ0v) is 14.6. The smallest absolute Gasteiger partial charge is 0.312 e. The van der Waals surface area contributed by atoms with Crippen molar-refractivity contribution in [1.82, 2.24) is 4.90 Å². The zero-order chi connectivity index (χ0) is 19.6. The second kappa shape index (κ2) is 7.45. The van der Waals surface area contributed by atoms with Gasteiger partial charge in [-0.3, -0.25) is 19.7 Å². The number of carboxylic acids is 1. The third-order valence-corrected chi connectivity index (χ3v) is 4.48. The summed E-state index contributed by atoms with van der Waals surface area (Å²) in [5.74, 6) is -2.22. The third kappa shape index (κ3) is 3.59. The molecular weight excluding hydrogens is 352 g/mol. The molecule has 1 unspecified atom stereocenters. The number of carbonyl (C=O) groups is 2. The number of benzene rings is 2. The molecule has 0 saturated heterocycles. The largest absolute Gasteiger partial charge is 0.487 e. The van der Waals surface area contributed by atoms with Crippen LogP contribution in [0.5, 0.6) is 5.75 Å². The van der Waals surface area contributed by atoms with E-state index in [9.17, 15) is 24.8 Å². The molecule has 2 aromatic carbocycles. The molecule has 1 N–H and O–H groups in total. The first-order valence-electron chi connectivity index (χ1n) is 8.43. The molecule has 2 aromatic rings. The van der Waals surface area contributed by atoms with Crippen LogP contribution in [0, 0.1) is 10.1 Å². The van der Waals surface area contributed by atoms with Gasteiger partial charge in [0.1, 0.15) is 0 Å². The average Bonchev–Trinajstić information content (AvgIpc) is 2.66. The number of nitro benzene ring substituents is 1. The van der Waals surface area contributed by atoms with E-state index in [1.54, 1.807) is 31.2 Å². The number of fused-ring (bicyclic) bond motifs is 1. The highest BCUT2D eigenvalue weighted by Gasteiger charge is 2.33. The first kappa shape index (κ1) is 18.4. The standard InChI is InChI=1S/C19H18N2O6/c1-2-27-17-8-7-12(9-16(17)21(25)26)18(22)20-10-13-5-3-4-6-14(13)15(11-20)19(23)24/h3-9,15H,2,10-11H2,1H3,(H,23,24). The van der Waals surface area contributed by atoms with Gasteiger partial charge in [0, 0.05) is 24.7 Å². The lowest BCUT2D eigenvalue weighted by atomic mass is 9.89. The molecule has 8 heteroatoms. The Morgan fingerprint density at radius 1 is 1.30 bits per heavy atom. The highest BCUT2D eigenvalue weighted by atomic mass is 16.6. The Hall–Kier alpha value is -3.42. The minimum atomic E-state index is -1.02. The summed E-state index contributed by atoms with van der Waals surface area (Å²) in [5, 5.41) is 20.8. The molecule has 1 heterocycles. The van der Waals surface area contributed by atoms with Crippen LogP contribution in [0.4, 0.5) is 5.69 Å². The molecule has 3 rings (SSSR count). The van der Waals surface area contributed by atoms with Crippen LogP contribution in [0.2, 0.25) is 0 Å². The number of ether oxygens (including phenoxy) is 1. The summed E-state index contributed by atoms with van der Waals surface area (Å²) in [6.07, 6.45) is 0. The summed E-state index contributed by atoms with van der Waals surface area (Å²) in [4.78, 5) is 36.6.